The van der Waals surface area contributed by atoms with Crippen LogP contribution in [0.5, 0.6) is 0 Å². The highest BCUT2D eigenvalue weighted by atomic mass is 15.3. The van der Waals surface area contributed by atoms with Gasteiger partial charge in [-0.15, -0.1) is 0 Å². The first-order valence-electron chi connectivity index (χ1n) is 6.83. The fourth-order valence-electron chi connectivity index (χ4n) is 2.81. The highest BCUT2D eigenvalue weighted by Gasteiger charge is 2.20. The zero-order chi connectivity index (χ0) is 11.2. The lowest BCUT2D eigenvalue weighted by Gasteiger charge is -2.18. The number of nitrogens with zero attached hydrogens (tertiary/aromatic N) is 2. The van der Waals surface area contributed by atoms with Gasteiger partial charge < -0.3 is 0 Å². The van der Waals surface area contributed by atoms with Crippen molar-refractivity contribution in [3.05, 3.63) is 11.8 Å². The quantitative estimate of drug-likeness (QED) is 0.637. The highest BCUT2D eigenvalue weighted by molar-refractivity contribution is 6.02. The summed E-state index contributed by atoms with van der Waals surface area (Å²) in [6.07, 6.45) is 14.4. The first-order chi connectivity index (χ1) is 7.88. The second-order valence-electron chi connectivity index (χ2n) is 5.16. The van der Waals surface area contributed by atoms with Crippen LogP contribution in [0, 0.1) is 5.92 Å². The van der Waals surface area contributed by atoms with Crippen molar-refractivity contribution in [3.8, 4) is 0 Å². The summed E-state index contributed by atoms with van der Waals surface area (Å²) < 4.78 is 0. The maximum atomic E-state index is 4.32. The van der Waals surface area contributed by atoms with Gasteiger partial charge in [0.2, 0.25) is 0 Å². The molecule has 1 aliphatic heterocycles. The Morgan fingerprint density at radius 2 is 1.50 bits per heavy atom. The molecule has 1 heterocycles. The molecule has 2 rings (SSSR count). The van der Waals surface area contributed by atoms with E-state index in [0.717, 1.165) is 0 Å². The van der Waals surface area contributed by atoms with Crippen molar-refractivity contribution in [1.29, 1.82) is 0 Å². The Morgan fingerprint density at radius 1 is 0.938 bits per heavy atom. The van der Waals surface area contributed by atoms with Crippen molar-refractivity contribution in [2.24, 2.45) is 11.0 Å². The van der Waals surface area contributed by atoms with Crippen molar-refractivity contribution < 1.29 is 0 Å². The molecule has 0 aromatic heterocycles. The standard InChI is InChI=1S/C14H23N2/c1-12-11-15-16-14(12)13-9-7-5-3-2-4-6-8-10-13/h11,13H,2-10H2,1H3. The third-order valence-corrected chi connectivity index (χ3v) is 3.81. The average Bonchev–Trinajstić information content (AvgIpc) is 2.72. The second-order valence-corrected chi connectivity index (χ2v) is 5.16. The molecule has 16 heavy (non-hydrogen) atoms. The molecule has 1 aliphatic carbocycles. The predicted molar refractivity (Wildman–Crippen MR) is 68.4 cm³/mol. The molecule has 2 heteroatoms. The van der Waals surface area contributed by atoms with Crippen LogP contribution in [0.2, 0.25) is 0 Å². The first kappa shape index (κ1) is 11.7. The van der Waals surface area contributed by atoms with Crippen molar-refractivity contribution in [2.45, 2.75) is 64.7 Å². The Morgan fingerprint density at radius 3 is 2.00 bits per heavy atom. The fourth-order valence-corrected chi connectivity index (χ4v) is 2.81. The van der Waals surface area contributed by atoms with Gasteiger partial charge in [-0.25, -0.2) is 0 Å². The van der Waals surface area contributed by atoms with E-state index in [9.17, 15) is 0 Å². The van der Waals surface area contributed by atoms with Gasteiger partial charge in [0.1, 0.15) is 0 Å². The molecular formula is C14H23N2. The van der Waals surface area contributed by atoms with E-state index < -0.39 is 0 Å². The average molecular weight is 219 g/mol. The summed E-state index contributed by atoms with van der Waals surface area (Å²) in [5, 5.41) is 4.32. The van der Waals surface area contributed by atoms with Crippen LogP contribution in [-0.4, -0.2) is 5.71 Å². The van der Waals surface area contributed by atoms with Crippen LogP contribution < -0.4 is 5.43 Å². The Labute approximate surface area is 99.2 Å². The normalized spacial score (nSPS) is 24.6. The van der Waals surface area contributed by atoms with E-state index in [2.05, 4.69) is 17.5 Å². The molecule has 0 unspecified atom stereocenters. The van der Waals surface area contributed by atoms with Crippen LogP contribution in [0.4, 0.5) is 0 Å². The van der Waals surface area contributed by atoms with E-state index in [0.29, 0.717) is 5.92 Å². The zero-order valence-electron chi connectivity index (χ0n) is 10.4. The lowest BCUT2D eigenvalue weighted by molar-refractivity contribution is 0.459. The van der Waals surface area contributed by atoms with E-state index in [1.807, 2.05) is 6.20 Å². The van der Waals surface area contributed by atoms with Crippen LogP contribution in [-0.2, 0) is 0 Å². The van der Waals surface area contributed by atoms with Crippen molar-refractivity contribution in [1.82, 2.24) is 5.43 Å². The largest absolute Gasteiger partial charge is 0.159 e. The molecule has 0 N–H and O–H groups in total. The van der Waals surface area contributed by atoms with Gasteiger partial charge in [0.15, 0.2) is 0 Å². The monoisotopic (exact) mass is 219 g/mol. The van der Waals surface area contributed by atoms with E-state index in [1.54, 1.807) is 0 Å². The number of rotatable bonds is 1. The molecule has 0 bridgehead atoms. The van der Waals surface area contributed by atoms with Gasteiger partial charge in [-0.1, -0.05) is 44.9 Å². The van der Waals surface area contributed by atoms with E-state index >= 15 is 0 Å². The zero-order valence-corrected chi connectivity index (χ0v) is 10.4. The minimum absolute atomic E-state index is 0.681. The smallest absolute Gasteiger partial charge is 0.0706 e. The highest BCUT2D eigenvalue weighted by Crippen LogP contribution is 2.26. The maximum absolute atomic E-state index is 4.32. The van der Waals surface area contributed by atoms with Crippen molar-refractivity contribution in [3.63, 3.8) is 0 Å². The van der Waals surface area contributed by atoms with Crippen LogP contribution in [0.25, 0.3) is 0 Å². The van der Waals surface area contributed by atoms with Crippen LogP contribution in [0.1, 0.15) is 64.7 Å². The third-order valence-electron chi connectivity index (χ3n) is 3.81. The SMILES string of the molecule is CC1=C[N]N=C1C1CCCCCCCCC1. The van der Waals surface area contributed by atoms with Gasteiger partial charge in [-0.3, -0.25) is 0 Å². The van der Waals surface area contributed by atoms with Gasteiger partial charge >= 0.3 is 0 Å². The molecule has 1 radical (unpaired) electrons. The van der Waals surface area contributed by atoms with Gasteiger partial charge in [-0.2, -0.15) is 10.5 Å². The van der Waals surface area contributed by atoms with Crippen molar-refractivity contribution in [2.75, 3.05) is 0 Å². The number of hydrogen-bond donors (Lipinski definition) is 0. The summed E-state index contributed by atoms with van der Waals surface area (Å²) in [6, 6.07) is 0. The van der Waals surface area contributed by atoms with Gasteiger partial charge in [0.25, 0.3) is 0 Å². The summed E-state index contributed by atoms with van der Waals surface area (Å²) in [5.41, 5.74) is 6.61. The van der Waals surface area contributed by atoms with E-state index in [-0.39, 0.29) is 0 Å². The molecule has 89 valence electrons. The van der Waals surface area contributed by atoms with Crippen LogP contribution in [0.15, 0.2) is 16.9 Å². The molecule has 0 amide bonds. The number of allylic oxidation sites excluding steroid dienone is 1. The molecule has 0 atom stereocenters. The minimum Gasteiger partial charge on any atom is -0.159 e. The Hall–Kier alpha value is -0.790. The first-order valence-corrected chi connectivity index (χ1v) is 6.83. The Bertz CT molecular complexity index is 268. The molecule has 0 aromatic carbocycles. The molecule has 0 saturated heterocycles. The summed E-state index contributed by atoms with van der Waals surface area (Å²) >= 11 is 0. The van der Waals surface area contributed by atoms with Crippen LogP contribution in [0.3, 0.4) is 0 Å². The lowest BCUT2D eigenvalue weighted by Crippen LogP contribution is -2.15. The molecular weight excluding hydrogens is 196 g/mol. The fraction of sp³-hybridized carbons (Fsp3) is 0.786. The van der Waals surface area contributed by atoms with Gasteiger partial charge in [0, 0.05) is 5.92 Å². The molecule has 2 nitrogen and oxygen atoms in total. The summed E-state index contributed by atoms with van der Waals surface area (Å²) in [7, 11) is 0. The minimum atomic E-state index is 0.681. The maximum Gasteiger partial charge on any atom is 0.0706 e. The van der Waals surface area contributed by atoms with Crippen LogP contribution >= 0.6 is 0 Å². The van der Waals surface area contributed by atoms with Gasteiger partial charge in [0.05, 0.1) is 11.9 Å². The molecule has 0 aromatic rings. The lowest BCUT2D eigenvalue weighted by atomic mass is 9.86. The topological polar surface area (TPSA) is 26.5 Å². The van der Waals surface area contributed by atoms with Crippen molar-refractivity contribution >= 4 is 5.71 Å². The second kappa shape index (κ2) is 6.07. The van der Waals surface area contributed by atoms with E-state index in [1.165, 1.54) is 69.1 Å². The summed E-state index contributed by atoms with van der Waals surface area (Å²) in [5.74, 6) is 0.681. The molecule has 1 saturated carbocycles. The molecule has 1 fully saturated rings. The Balaban J connectivity index is 1.92. The Kier molecular flexibility index (Phi) is 4.44. The van der Waals surface area contributed by atoms with Gasteiger partial charge in [-0.05, 0) is 25.3 Å². The van der Waals surface area contributed by atoms with E-state index in [4.69, 9.17) is 0 Å². The summed E-state index contributed by atoms with van der Waals surface area (Å²) in [4.78, 5) is 0. The number of hydrogen-bond acceptors (Lipinski definition) is 1. The molecule has 0 spiro atoms. The molecule has 2 aliphatic rings. The predicted octanol–water partition coefficient (Wildman–Crippen LogP) is 4.00. The third kappa shape index (κ3) is 3.10. The summed E-state index contributed by atoms with van der Waals surface area (Å²) in [6.45, 7) is 2.15.